The van der Waals surface area contributed by atoms with Crippen molar-refractivity contribution in [1.82, 2.24) is 9.29 Å². The van der Waals surface area contributed by atoms with Crippen molar-refractivity contribution in [1.29, 1.82) is 0 Å². The van der Waals surface area contributed by atoms with Crippen LogP contribution in [0.4, 0.5) is 17.6 Å². The van der Waals surface area contributed by atoms with Crippen LogP contribution in [-0.2, 0) is 19.2 Å². The van der Waals surface area contributed by atoms with Crippen molar-refractivity contribution in [3.8, 4) is 17.0 Å². The van der Waals surface area contributed by atoms with Gasteiger partial charge in [0.05, 0.1) is 5.56 Å². The molecule has 2 atom stereocenters. The summed E-state index contributed by atoms with van der Waals surface area (Å²) in [6, 6.07) is 11.0. The molecule has 0 N–H and O–H groups in total. The second-order valence-electron chi connectivity index (χ2n) is 10.3. The van der Waals surface area contributed by atoms with Crippen LogP contribution in [0.1, 0.15) is 58.9 Å². The van der Waals surface area contributed by atoms with E-state index in [0.717, 1.165) is 37.9 Å². The van der Waals surface area contributed by atoms with Crippen LogP contribution in [0.25, 0.3) is 11.1 Å². The molecule has 1 aromatic heterocycles. The summed E-state index contributed by atoms with van der Waals surface area (Å²) in [5.74, 6) is 1.15. The number of nitrogens with zero attached hydrogens (tertiary/aromatic N) is 2. The molecule has 1 saturated carbocycles. The molecule has 2 fully saturated rings. The van der Waals surface area contributed by atoms with Crippen molar-refractivity contribution in [3.63, 3.8) is 0 Å². The monoisotopic (exact) mass is 528 g/mol. The summed E-state index contributed by atoms with van der Waals surface area (Å²) < 4.78 is 64.5. The number of halogens is 4. The average molecular weight is 529 g/mol. The van der Waals surface area contributed by atoms with Crippen LogP contribution < -0.4 is 4.74 Å². The number of rotatable bonds is 6. The molecule has 3 nitrogen and oxygen atoms in total. The maximum atomic E-state index is 14.8. The van der Waals surface area contributed by atoms with Crippen LogP contribution in [0, 0.1) is 11.7 Å². The topological polar surface area (TPSA) is 25.4 Å². The van der Waals surface area contributed by atoms with E-state index in [0.29, 0.717) is 35.3 Å². The van der Waals surface area contributed by atoms with E-state index in [9.17, 15) is 17.6 Å². The maximum absolute atomic E-state index is 14.8. The second kappa shape index (κ2) is 9.62. The fraction of sp³-hybridized carbons (Fsp3) is 0.414. The highest BCUT2D eigenvalue weighted by molar-refractivity contribution is 7.96. The van der Waals surface area contributed by atoms with Gasteiger partial charge >= 0.3 is 6.18 Å². The first-order chi connectivity index (χ1) is 17.8. The molecule has 2 aromatic carbocycles. The quantitative estimate of drug-likeness (QED) is 0.243. The number of hydrogen-bond acceptors (Lipinski definition) is 4. The molecule has 0 amide bonds. The van der Waals surface area contributed by atoms with Crippen LogP contribution >= 0.6 is 11.9 Å². The van der Waals surface area contributed by atoms with E-state index in [2.05, 4.69) is 15.5 Å². The normalized spacial score (nSPS) is 21.5. The van der Waals surface area contributed by atoms with Gasteiger partial charge in [0.2, 0.25) is 5.88 Å². The van der Waals surface area contributed by atoms with Gasteiger partial charge in [-0.3, -0.25) is 4.31 Å². The Labute approximate surface area is 218 Å². The lowest BCUT2D eigenvalue weighted by molar-refractivity contribution is -0.137. The van der Waals surface area contributed by atoms with Crippen molar-refractivity contribution in [2.45, 2.75) is 50.3 Å². The number of hydrogen-bond donors (Lipinski definition) is 0. The fourth-order valence-electron chi connectivity index (χ4n) is 5.87. The van der Waals surface area contributed by atoms with Gasteiger partial charge in [0.25, 0.3) is 0 Å². The van der Waals surface area contributed by atoms with E-state index in [1.807, 2.05) is 24.4 Å². The van der Waals surface area contributed by atoms with E-state index in [1.165, 1.54) is 23.6 Å². The third-order valence-corrected chi connectivity index (χ3v) is 8.96. The van der Waals surface area contributed by atoms with Crippen molar-refractivity contribution < 1.29 is 22.3 Å². The van der Waals surface area contributed by atoms with Gasteiger partial charge in [-0.15, -0.1) is 0 Å². The average Bonchev–Trinajstić information content (AvgIpc) is 3.58. The van der Waals surface area contributed by atoms with Gasteiger partial charge in [0.1, 0.15) is 12.4 Å². The summed E-state index contributed by atoms with van der Waals surface area (Å²) in [5.41, 5.74) is 3.06. The predicted octanol–water partition coefficient (Wildman–Crippen LogP) is 7.60. The van der Waals surface area contributed by atoms with Gasteiger partial charge in [-0.05, 0) is 89.6 Å². The lowest BCUT2D eigenvalue weighted by atomic mass is 9.88. The third kappa shape index (κ3) is 4.98. The molecule has 1 saturated heterocycles. The Morgan fingerprint density at radius 3 is 2.54 bits per heavy atom. The molecule has 8 heteroatoms. The van der Waals surface area contributed by atoms with Gasteiger partial charge in [-0.25, -0.2) is 9.37 Å². The van der Waals surface area contributed by atoms with Crippen LogP contribution in [0.5, 0.6) is 5.88 Å². The zero-order chi connectivity index (χ0) is 25.7. The van der Waals surface area contributed by atoms with E-state index in [-0.39, 0.29) is 17.7 Å². The summed E-state index contributed by atoms with van der Waals surface area (Å²) in [6.45, 7) is 1.79. The molecule has 2 unspecified atom stereocenters. The standard InChI is InChI=1S/C29H28F4N2OS/c1-37-35-8-6-18(7-9-35)17-2-4-19(5-3-17)24-12-22(27(30)14-26(24)29(31,32)33)16-36-28-13-21-10-20-11-23(20)25(21)15-34-28/h2-5,12-15,18,20,23H,6-11,16H2,1H3. The minimum atomic E-state index is -4.68. The van der Waals surface area contributed by atoms with Crippen molar-refractivity contribution in [2.24, 2.45) is 5.92 Å². The first kappa shape index (κ1) is 24.7. The Morgan fingerprint density at radius 2 is 1.84 bits per heavy atom. The number of benzene rings is 2. The van der Waals surface area contributed by atoms with Gasteiger partial charge in [0.15, 0.2) is 0 Å². The molecule has 1 aliphatic heterocycles. The van der Waals surface area contributed by atoms with E-state index < -0.39 is 17.6 Å². The van der Waals surface area contributed by atoms with Gasteiger partial charge < -0.3 is 4.74 Å². The molecule has 2 aliphatic carbocycles. The number of aromatic nitrogens is 1. The molecule has 194 valence electrons. The SMILES string of the molecule is CSN1CCC(c2ccc(-c3cc(COc4cc5c(cn4)C4CC4C5)c(F)cc3C(F)(F)F)cc2)CC1. The number of fused-ring (bicyclic) bond motifs is 3. The molecule has 6 rings (SSSR count). The van der Waals surface area contributed by atoms with Crippen molar-refractivity contribution >= 4 is 11.9 Å². The molecule has 0 bridgehead atoms. The summed E-state index contributed by atoms with van der Waals surface area (Å²) >= 11 is 1.74. The first-order valence-electron chi connectivity index (χ1n) is 12.7. The molecular weight excluding hydrogens is 500 g/mol. The predicted molar refractivity (Wildman–Crippen MR) is 137 cm³/mol. The van der Waals surface area contributed by atoms with Crippen LogP contribution in [0.2, 0.25) is 0 Å². The zero-order valence-electron chi connectivity index (χ0n) is 20.5. The maximum Gasteiger partial charge on any atom is 0.417 e. The van der Waals surface area contributed by atoms with Gasteiger partial charge in [-0.1, -0.05) is 36.2 Å². The Morgan fingerprint density at radius 1 is 1.08 bits per heavy atom. The van der Waals surface area contributed by atoms with Gasteiger partial charge in [-0.2, -0.15) is 13.2 Å². The molecule has 3 aromatic rings. The van der Waals surface area contributed by atoms with Gasteiger partial charge in [0, 0.05) is 30.9 Å². The van der Waals surface area contributed by atoms with E-state index in [4.69, 9.17) is 4.74 Å². The third-order valence-electron chi connectivity index (χ3n) is 8.08. The molecular formula is C29H28F4N2OS. The van der Waals surface area contributed by atoms with Crippen LogP contribution in [-0.4, -0.2) is 28.6 Å². The Bertz CT molecular complexity index is 1300. The van der Waals surface area contributed by atoms with E-state index in [1.54, 1.807) is 24.1 Å². The lowest BCUT2D eigenvalue weighted by Gasteiger charge is -2.30. The minimum absolute atomic E-state index is 0.0433. The second-order valence-corrected chi connectivity index (χ2v) is 11.2. The van der Waals surface area contributed by atoms with Crippen LogP contribution in [0.3, 0.4) is 0 Å². The first-order valence-corrected chi connectivity index (χ1v) is 13.9. The number of pyridine rings is 1. The molecule has 3 aliphatic rings. The van der Waals surface area contributed by atoms with Crippen LogP contribution in [0.15, 0.2) is 48.7 Å². The summed E-state index contributed by atoms with van der Waals surface area (Å²) in [4.78, 5) is 4.34. The van der Waals surface area contributed by atoms with E-state index >= 15 is 0 Å². The Kier molecular flexibility index (Phi) is 6.43. The zero-order valence-corrected chi connectivity index (χ0v) is 21.3. The summed E-state index contributed by atoms with van der Waals surface area (Å²) in [7, 11) is 0. The van der Waals surface area contributed by atoms with Crippen molar-refractivity contribution in [3.05, 3.63) is 82.3 Å². The summed E-state index contributed by atoms with van der Waals surface area (Å²) in [5, 5.41) is 0. The smallest absolute Gasteiger partial charge is 0.417 e. The molecule has 0 radical (unpaired) electrons. The Hall–Kier alpha value is -2.58. The lowest BCUT2D eigenvalue weighted by Crippen LogP contribution is -2.27. The summed E-state index contributed by atoms with van der Waals surface area (Å²) in [6.07, 6.45) is 3.47. The molecule has 37 heavy (non-hydrogen) atoms. The van der Waals surface area contributed by atoms with Crippen molar-refractivity contribution in [2.75, 3.05) is 19.3 Å². The highest BCUT2D eigenvalue weighted by Crippen LogP contribution is 2.56. The number of piperidine rings is 1. The number of alkyl halides is 3. The highest BCUT2D eigenvalue weighted by atomic mass is 32.2. The fourth-order valence-corrected chi connectivity index (χ4v) is 6.45. The molecule has 2 heterocycles. The largest absolute Gasteiger partial charge is 0.473 e. The molecule has 0 spiro atoms. The minimum Gasteiger partial charge on any atom is -0.473 e. The number of ether oxygens (including phenoxy) is 1. The highest BCUT2D eigenvalue weighted by Gasteiger charge is 2.45. The Balaban J connectivity index is 1.24.